The van der Waals surface area contributed by atoms with E-state index in [4.69, 9.17) is 5.11 Å². The average molecular weight is 200 g/mol. The number of rotatable bonds is 7. The summed E-state index contributed by atoms with van der Waals surface area (Å²) in [5.74, 6) is 0.0792. The largest absolute Gasteiger partial charge is 0.435 e. The quantitative estimate of drug-likeness (QED) is 0.506. The second kappa shape index (κ2) is 8.75. The van der Waals surface area contributed by atoms with Crippen LogP contribution in [0.15, 0.2) is 12.3 Å². The first-order chi connectivity index (χ1) is 6.70. The molecular formula is C11H20O3. The molecule has 0 spiro atoms. The van der Waals surface area contributed by atoms with Crippen molar-refractivity contribution in [2.45, 2.75) is 39.5 Å². The molecule has 0 heterocycles. The van der Waals surface area contributed by atoms with Crippen LogP contribution in [0.3, 0.4) is 0 Å². The number of carbonyl (C=O) groups is 1. The van der Waals surface area contributed by atoms with Gasteiger partial charge >= 0.3 is 5.97 Å². The van der Waals surface area contributed by atoms with Gasteiger partial charge < -0.3 is 9.84 Å². The van der Waals surface area contributed by atoms with E-state index in [-0.39, 0.29) is 12.6 Å². The predicted octanol–water partition coefficient (Wildman–Crippen LogP) is 2.25. The van der Waals surface area contributed by atoms with E-state index >= 15 is 0 Å². The van der Waals surface area contributed by atoms with Gasteiger partial charge in [-0.2, -0.15) is 0 Å². The highest BCUT2D eigenvalue weighted by molar-refractivity contribution is 5.66. The molecule has 14 heavy (non-hydrogen) atoms. The summed E-state index contributed by atoms with van der Waals surface area (Å²) in [4.78, 5) is 10.4. The summed E-state index contributed by atoms with van der Waals surface area (Å²) in [6, 6.07) is 0. The number of aliphatic hydroxyl groups is 1. The lowest BCUT2D eigenvalue weighted by atomic mass is 9.99. The standard InChI is InChI=1S/C11H20O3/c1-3-6-11(9-12)7-4-5-8-14-10(2)13/h5,8,11-12H,3-4,6-7,9H2,1-2H3/b8-5+/t11-/m0/s1. The van der Waals surface area contributed by atoms with Gasteiger partial charge in [0.25, 0.3) is 0 Å². The first kappa shape index (κ1) is 13.2. The van der Waals surface area contributed by atoms with Gasteiger partial charge in [0.15, 0.2) is 0 Å². The fourth-order valence-electron chi connectivity index (χ4n) is 1.28. The lowest BCUT2D eigenvalue weighted by Crippen LogP contribution is -2.04. The molecule has 0 fully saturated rings. The van der Waals surface area contributed by atoms with Crippen molar-refractivity contribution in [1.29, 1.82) is 0 Å². The fourth-order valence-corrected chi connectivity index (χ4v) is 1.28. The Hall–Kier alpha value is -0.830. The van der Waals surface area contributed by atoms with Gasteiger partial charge in [0.05, 0.1) is 6.26 Å². The number of hydrogen-bond donors (Lipinski definition) is 1. The normalized spacial score (nSPS) is 13.1. The molecule has 0 rings (SSSR count). The molecule has 0 aromatic rings. The van der Waals surface area contributed by atoms with Crippen LogP contribution in [0, 0.1) is 5.92 Å². The number of hydrogen-bond acceptors (Lipinski definition) is 3. The molecular weight excluding hydrogens is 180 g/mol. The highest BCUT2D eigenvalue weighted by Crippen LogP contribution is 2.12. The summed E-state index contributed by atoms with van der Waals surface area (Å²) >= 11 is 0. The van der Waals surface area contributed by atoms with Crippen LogP contribution in [0.4, 0.5) is 0 Å². The van der Waals surface area contributed by atoms with Crippen LogP contribution in [0.5, 0.6) is 0 Å². The first-order valence-corrected chi connectivity index (χ1v) is 5.13. The Morgan fingerprint density at radius 2 is 2.21 bits per heavy atom. The number of esters is 1. The second-order valence-corrected chi connectivity index (χ2v) is 3.40. The van der Waals surface area contributed by atoms with Gasteiger partial charge in [0.1, 0.15) is 0 Å². The zero-order chi connectivity index (χ0) is 10.8. The minimum atomic E-state index is -0.298. The minimum Gasteiger partial charge on any atom is -0.435 e. The highest BCUT2D eigenvalue weighted by Gasteiger charge is 2.03. The molecule has 1 N–H and O–H groups in total. The maximum absolute atomic E-state index is 10.4. The first-order valence-electron chi connectivity index (χ1n) is 5.13. The third-order valence-corrected chi connectivity index (χ3v) is 2.03. The second-order valence-electron chi connectivity index (χ2n) is 3.40. The van der Waals surface area contributed by atoms with Gasteiger partial charge in [-0.15, -0.1) is 0 Å². The summed E-state index contributed by atoms with van der Waals surface area (Å²) in [5, 5.41) is 8.99. The van der Waals surface area contributed by atoms with E-state index in [0.717, 1.165) is 25.7 Å². The number of ether oxygens (including phenoxy) is 1. The van der Waals surface area contributed by atoms with Crippen LogP contribution in [-0.4, -0.2) is 17.7 Å². The molecule has 0 aliphatic heterocycles. The van der Waals surface area contributed by atoms with E-state index in [1.54, 1.807) is 0 Å². The van der Waals surface area contributed by atoms with Crippen molar-refractivity contribution in [3.8, 4) is 0 Å². The Morgan fingerprint density at radius 1 is 1.50 bits per heavy atom. The van der Waals surface area contributed by atoms with E-state index in [2.05, 4.69) is 11.7 Å². The molecule has 3 nitrogen and oxygen atoms in total. The zero-order valence-electron chi connectivity index (χ0n) is 9.03. The summed E-state index contributed by atoms with van der Waals surface area (Å²) in [6.45, 7) is 3.73. The summed E-state index contributed by atoms with van der Waals surface area (Å²) in [5.41, 5.74) is 0. The van der Waals surface area contributed by atoms with Gasteiger partial charge in [0, 0.05) is 13.5 Å². The molecule has 0 amide bonds. The zero-order valence-corrected chi connectivity index (χ0v) is 9.03. The van der Waals surface area contributed by atoms with Crippen LogP contribution in [-0.2, 0) is 9.53 Å². The molecule has 3 heteroatoms. The molecule has 0 bridgehead atoms. The van der Waals surface area contributed by atoms with Crippen molar-refractivity contribution in [3.05, 3.63) is 12.3 Å². The third kappa shape index (κ3) is 7.80. The van der Waals surface area contributed by atoms with Gasteiger partial charge in [-0.05, 0) is 31.3 Å². The van der Waals surface area contributed by atoms with E-state index in [1.807, 2.05) is 6.08 Å². The minimum absolute atomic E-state index is 0.245. The Balaban J connectivity index is 3.49. The Morgan fingerprint density at radius 3 is 2.71 bits per heavy atom. The summed E-state index contributed by atoms with van der Waals surface area (Å²) in [7, 11) is 0. The maximum Gasteiger partial charge on any atom is 0.307 e. The Kier molecular flexibility index (Phi) is 8.24. The lowest BCUT2D eigenvalue weighted by Gasteiger charge is -2.10. The molecule has 82 valence electrons. The molecule has 1 atom stereocenters. The molecule has 0 aromatic heterocycles. The molecule has 0 unspecified atom stereocenters. The van der Waals surface area contributed by atoms with Crippen molar-refractivity contribution in [2.75, 3.05) is 6.61 Å². The van der Waals surface area contributed by atoms with Crippen LogP contribution in [0.2, 0.25) is 0 Å². The van der Waals surface area contributed by atoms with Crippen LogP contribution in [0.1, 0.15) is 39.5 Å². The third-order valence-electron chi connectivity index (χ3n) is 2.03. The Labute approximate surface area is 85.8 Å². The van der Waals surface area contributed by atoms with Crippen molar-refractivity contribution < 1.29 is 14.6 Å². The molecule has 0 aromatic carbocycles. The van der Waals surface area contributed by atoms with Gasteiger partial charge in [-0.25, -0.2) is 0 Å². The van der Waals surface area contributed by atoms with E-state index in [1.165, 1.54) is 13.2 Å². The number of aliphatic hydroxyl groups excluding tert-OH is 1. The topological polar surface area (TPSA) is 46.5 Å². The van der Waals surface area contributed by atoms with Gasteiger partial charge in [0.2, 0.25) is 0 Å². The Bertz CT molecular complexity index is 175. The SMILES string of the molecule is CCC[C@H](CO)CC/C=C/OC(C)=O. The van der Waals surface area contributed by atoms with Crippen LogP contribution >= 0.6 is 0 Å². The van der Waals surface area contributed by atoms with Crippen molar-refractivity contribution in [3.63, 3.8) is 0 Å². The van der Waals surface area contributed by atoms with E-state index in [0.29, 0.717) is 5.92 Å². The highest BCUT2D eigenvalue weighted by atomic mass is 16.5. The van der Waals surface area contributed by atoms with Gasteiger partial charge in [-0.1, -0.05) is 13.3 Å². The number of allylic oxidation sites excluding steroid dienone is 1. The van der Waals surface area contributed by atoms with E-state index in [9.17, 15) is 4.79 Å². The van der Waals surface area contributed by atoms with Crippen LogP contribution in [0.25, 0.3) is 0 Å². The molecule has 0 aliphatic rings. The molecule has 0 aliphatic carbocycles. The number of carbonyl (C=O) groups excluding carboxylic acids is 1. The van der Waals surface area contributed by atoms with E-state index < -0.39 is 0 Å². The fraction of sp³-hybridized carbons (Fsp3) is 0.727. The summed E-state index contributed by atoms with van der Waals surface area (Å²) < 4.78 is 4.64. The molecule has 0 radical (unpaired) electrons. The summed E-state index contributed by atoms with van der Waals surface area (Å²) in [6.07, 6.45) is 7.18. The lowest BCUT2D eigenvalue weighted by molar-refractivity contribution is -0.135. The van der Waals surface area contributed by atoms with Crippen molar-refractivity contribution in [1.82, 2.24) is 0 Å². The maximum atomic E-state index is 10.4. The molecule has 0 saturated carbocycles. The predicted molar refractivity (Wildman–Crippen MR) is 55.6 cm³/mol. The smallest absolute Gasteiger partial charge is 0.307 e. The van der Waals surface area contributed by atoms with Crippen molar-refractivity contribution >= 4 is 5.97 Å². The van der Waals surface area contributed by atoms with Crippen molar-refractivity contribution in [2.24, 2.45) is 5.92 Å². The molecule has 0 saturated heterocycles. The monoisotopic (exact) mass is 200 g/mol. The van der Waals surface area contributed by atoms with Gasteiger partial charge in [-0.3, -0.25) is 4.79 Å². The van der Waals surface area contributed by atoms with Crippen LogP contribution < -0.4 is 0 Å². The average Bonchev–Trinajstić information content (AvgIpc) is 2.15.